The van der Waals surface area contributed by atoms with E-state index in [-0.39, 0.29) is 12.1 Å². The lowest BCUT2D eigenvalue weighted by Gasteiger charge is -2.48. The normalized spacial score (nSPS) is 25.7. The van der Waals surface area contributed by atoms with Crippen molar-refractivity contribution in [3.05, 3.63) is 51.7 Å². The van der Waals surface area contributed by atoms with Crippen LogP contribution in [0.25, 0.3) is 0 Å². The summed E-state index contributed by atoms with van der Waals surface area (Å²) >= 11 is 7.73. The maximum absolute atomic E-state index is 12.4. The van der Waals surface area contributed by atoms with E-state index in [0.29, 0.717) is 17.1 Å². The molecule has 2 amide bonds. The molecule has 1 aromatic heterocycles. The Balaban J connectivity index is 1.34. The molecule has 2 N–H and O–H groups in total. The minimum Gasteiger partial charge on any atom is -0.335 e. The second-order valence-electron chi connectivity index (χ2n) is 7.26. The molecule has 6 heteroatoms. The lowest BCUT2D eigenvalue weighted by atomic mass is 9.81. The van der Waals surface area contributed by atoms with Crippen molar-refractivity contribution in [1.29, 1.82) is 0 Å². The molecule has 2 atom stereocenters. The Bertz CT molecular complexity index is 720. The highest BCUT2D eigenvalue weighted by molar-refractivity contribution is 7.09. The molecule has 4 rings (SSSR count). The van der Waals surface area contributed by atoms with Crippen molar-refractivity contribution in [2.24, 2.45) is 0 Å². The second kappa shape index (κ2) is 7.99. The van der Waals surface area contributed by atoms with Crippen LogP contribution in [0, 0.1) is 0 Å². The number of carbonyl (C=O) groups excluding carboxylic acids is 1. The van der Waals surface area contributed by atoms with E-state index in [9.17, 15) is 4.79 Å². The summed E-state index contributed by atoms with van der Waals surface area (Å²) < 4.78 is 0. The molecule has 2 aliphatic heterocycles. The van der Waals surface area contributed by atoms with Gasteiger partial charge < -0.3 is 10.6 Å². The van der Waals surface area contributed by atoms with Gasteiger partial charge in [0.05, 0.1) is 0 Å². The van der Waals surface area contributed by atoms with Gasteiger partial charge >= 0.3 is 6.03 Å². The van der Waals surface area contributed by atoms with E-state index < -0.39 is 0 Å². The summed E-state index contributed by atoms with van der Waals surface area (Å²) in [5, 5.41) is 8.91. The fourth-order valence-corrected chi connectivity index (χ4v) is 5.16. The number of piperidine rings is 2. The zero-order valence-corrected chi connectivity index (χ0v) is 16.2. The number of halogens is 1. The molecule has 4 nitrogen and oxygen atoms in total. The van der Waals surface area contributed by atoms with Crippen LogP contribution in [0.2, 0.25) is 5.02 Å². The van der Waals surface area contributed by atoms with Crippen molar-refractivity contribution < 1.29 is 4.79 Å². The highest BCUT2D eigenvalue weighted by Gasteiger charge is 2.38. The molecule has 138 valence electrons. The van der Waals surface area contributed by atoms with E-state index in [4.69, 9.17) is 11.6 Å². The number of rotatable bonds is 4. The summed E-state index contributed by atoms with van der Waals surface area (Å²) in [4.78, 5) is 16.5. The molecule has 0 aliphatic carbocycles. The van der Waals surface area contributed by atoms with Gasteiger partial charge in [0, 0.05) is 40.3 Å². The maximum atomic E-state index is 12.4. The van der Waals surface area contributed by atoms with Crippen LogP contribution in [0.15, 0.2) is 41.8 Å². The van der Waals surface area contributed by atoms with E-state index in [1.807, 2.05) is 23.5 Å². The molecule has 0 spiro atoms. The molecular weight excluding hydrogens is 366 g/mol. The average molecular weight is 390 g/mol. The number of urea groups is 1. The van der Waals surface area contributed by atoms with Crippen LogP contribution in [0.4, 0.5) is 10.5 Å². The Labute approximate surface area is 163 Å². The van der Waals surface area contributed by atoms with E-state index in [2.05, 4.69) is 33.0 Å². The third kappa shape index (κ3) is 4.22. The molecule has 3 heterocycles. The van der Waals surface area contributed by atoms with Crippen LogP contribution >= 0.6 is 22.9 Å². The molecule has 1 aromatic carbocycles. The summed E-state index contributed by atoms with van der Waals surface area (Å²) in [6.45, 7) is 1.05. The Kier molecular flexibility index (Phi) is 5.48. The summed E-state index contributed by atoms with van der Waals surface area (Å²) in [5.41, 5.74) is 0.766. The lowest BCUT2D eigenvalue weighted by molar-refractivity contribution is 0.0208. The number of nitrogens with zero attached hydrogens (tertiary/aromatic N) is 1. The zero-order valence-electron chi connectivity index (χ0n) is 14.7. The number of nitrogens with one attached hydrogen (secondary N) is 2. The van der Waals surface area contributed by atoms with Gasteiger partial charge in [0.1, 0.15) is 0 Å². The molecule has 26 heavy (non-hydrogen) atoms. The topological polar surface area (TPSA) is 44.4 Å². The van der Waals surface area contributed by atoms with Gasteiger partial charge in [-0.2, -0.15) is 0 Å². The van der Waals surface area contributed by atoms with Crippen molar-refractivity contribution in [2.45, 2.75) is 56.8 Å². The van der Waals surface area contributed by atoms with Gasteiger partial charge in [0.15, 0.2) is 0 Å². The highest BCUT2D eigenvalue weighted by atomic mass is 35.5. The molecule has 2 bridgehead atoms. The van der Waals surface area contributed by atoms with Gasteiger partial charge in [-0.05, 0) is 61.4 Å². The molecule has 2 unspecified atom stereocenters. The molecular formula is C20H24ClN3OS. The van der Waals surface area contributed by atoms with Gasteiger partial charge in [-0.3, -0.25) is 4.90 Å². The number of carbonyl (C=O) groups is 1. The quantitative estimate of drug-likeness (QED) is 0.763. The number of hydrogen-bond donors (Lipinski definition) is 2. The van der Waals surface area contributed by atoms with E-state index in [0.717, 1.165) is 25.1 Å². The Hall–Kier alpha value is -1.56. The summed E-state index contributed by atoms with van der Waals surface area (Å²) in [7, 11) is 0. The van der Waals surface area contributed by atoms with E-state index in [1.54, 1.807) is 12.1 Å². The lowest BCUT2D eigenvalue weighted by Crippen LogP contribution is -2.56. The van der Waals surface area contributed by atoms with Crippen molar-refractivity contribution in [1.82, 2.24) is 10.2 Å². The molecule has 0 radical (unpaired) electrons. The summed E-state index contributed by atoms with van der Waals surface area (Å²) in [6.07, 6.45) is 5.85. The third-order valence-corrected chi connectivity index (χ3v) is 6.59. The summed E-state index contributed by atoms with van der Waals surface area (Å²) in [5.74, 6) is 0. The molecule has 2 aromatic rings. The first-order chi connectivity index (χ1) is 12.7. The molecule has 2 aliphatic rings. The van der Waals surface area contributed by atoms with Crippen molar-refractivity contribution >= 4 is 34.7 Å². The smallest absolute Gasteiger partial charge is 0.319 e. The van der Waals surface area contributed by atoms with Gasteiger partial charge in [0.2, 0.25) is 0 Å². The fraction of sp³-hybridized carbons (Fsp3) is 0.450. The third-order valence-electron chi connectivity index (χ3n) is 5.48. The Morgan fingerprint density at radius 1 is 1.15 bits per heavy atom. The first-order valence-corrected chi connectivity index (χ1v) is 10.5. The fourth-order valence-electron chi connectivity index (χ4n) is 4.32. The van der Waals surface area contributed by atoms with Crippen LogP contribution in [0.5, 0.6) is 0 Å². The van der Waals surface area contributed by atoms with Crippen LogP contribution in [0.1, 0.15) is 37.0 Å². The van der Waals surface area contributed by atoms with Gasteiger partial charge in [-0.15, -0.1) is 11.3 Å². The Morgan fingerprint density at radius 3 is 2.54 bits per heavy atom. The molecule has 0 saturated carbocycles. The first kappa shape index (κ1) is 17.8. The van der Waals surface area contributed by atoms with Crippen LogP contribution in [-0.4, -0.2) is 29.1 Å². The second-order valence-corrected chi connectivity index (χ2v) is 8.73. The number of amides is 2. The first-order valence-electron chi connectivity index (χ1n) is 9.28. The van der Waals surface area contributed by atoms with Crippen molar-refractivity contribution in [2.75, 3.05) is 5.32 Å². The molecule has 2 fully saturated rings. The predicted molar refractivity (Wildman–Crippen MR) is 108 cm³/mol. The Morgan fingerprint density at radius 2 is 1.88 bits per heavy atom. The van der Waals surface area contributed by atoms with Gasteiger partial charge in [0.25, 0.3) is 0 Å². The van der Waals surface area contributed by atoms with Crippen molar-refractivity contribution in [3.8, 4) is 0 Å². The number of benzene rings is 1. The number of hydrogen-bond acceptors (Lipinski definition) is 3. The number of fused-ring (bicyclic) bond motifs is 2. The number of anilines is 1. The largest absolute Gasteiger partial charge is 0.335 e. The van der Waals surface area contributed by atoms with Crippen LogP contribution < -0.4 is 10.6 Å². The van der Waals surface area contributed by atoms with Crippen LogP contribution in [-0.2, 0) is 6.54 Å². The minimum absolute atomic E-state index is 0.123. The van der Waals surface area contributed by atoms with Crippen LogP contribution in [0.3, 0.4) is 0 Å². The van der Waals surface area contributed by atoms with Gasteiger partial charge in [-0.1, -0.05) is 24.1 Å². The number of thiophene rings is 1. The predicted octanol–water partition coefficient (Wildman–Crippen LogP) is 5.11. The van der Waals surface area contributed by atoms with E-state index in [1.165, 1.54) is 24.1 Å². The maximum Gasteiger partial charge on any atom is 0.319 e. The van der Waals surface area contributed by atoms with Crippen molar-refractivity contribution in [3.63, 3.8) is 0 Å². The summed E-state index contributed by atoms with van der Waals surface area (Å²) in [6, 6.07) is 12.8. The SMILES string of the molecule is O=C(Nc1ccc(Cl)cc1)NC1CC2CCCC(C1)N2Cc1cccs1. The van der Waals surface area contributed by atoms with Gasteiger partial charge in [-0.25, -0.2) is 4.79 Å². The average Bonchev–Trinajstić information content (AvgIpc) is 3.11. The van der Waals surface area contributed by atoms with E-state index >= 15 is 0 Å². The monoisotopic (exact) mass is 389 g/mol. The minimum atomic E-state index is -0.123. The highest BCUT2D eigenvalue weighted by Crippen LogP contribution is 2.35. The molecule has 2 saturated heterocycles. The standard InChI is InChI=1S/C20H24ClN3OS/c21-14-6-8-15(9-7-14)22-20(25)23-16-11-17-3-1-4-18(12-16)24(17)13-19-5-2-10-26-19/h2,5-10,16-18H,1,3-4,11-13H2,(H2,22,23,25). The zero-order chi connectivity index (χ0) is 17.9.